The molecule has 0 aliphatic heterocycles. The molecule has 0 aliphatic rings. The first-order valence-electron chi connectivity index (χ1n) is 7.31. The van der Waals surface area contributed by atoms with E-state index in [1.807, 2.05) is 6.92 Å². The van der Waals surface area contributed by atoms with Crippen molar-refractivity contribution in [2.24, 2.45) is 0 Å². The van der Waals surface area contributed by atoms with Gasteiger partial charge in [-0.15, -0.1) is 11.3 Å². The van der Waals surface area contributed by atoms with E-state index in [9.17, 15) is 13.6 Å². The summed E-state index contributed by atoms with van der Waals surface area (Å²) < 4.78 is 31.6. The maximum absolute atomic E-state index is 13.3. The molecule has 5 nitrogen and oxygen atoms in total. The minimum atomic E-state index is -2.78. The first-order chi connectivity index (χ1) is 11.2. The summed E-state index contributed by atoms with van der Waals surface area (Å²) in [5.74, 6) is 0. The number of nitrogens with zero attached hydrogens (tertiary/aromatic N) is 2. The molecule has 2 rings (SSSR count). The van der Waals surface area contributed by atoms with Crippen LogP contribution in [-0.4, -0.2) is 28.1 Å². The number of ether oxygens (including phenoxy) is 1. The van der Waals surface area contributed by atoms with Crippen LogP contribution in [0, 0.1) is 6.92 Å². The van der Waals surface area contributed by atoms with Crippen molar-refractivity contribution in [3.63, 3.8) is 0 Å². The monoisotopic (exact) mass is 355 g/mol. The summed E-state index contributed by atoms with van der Waals surface area (Å²) in [5.41, 5.74) is 2.64. The van der Waals surface area contributed by atoms with E-state index < -0.39 is 24.2 Å². The maximum Gasteiger partial charge on any atom is 0.408 e. The lowest BCUT2D eigenvalue weighted by Crippen LogP contribution is -2.37. The lowest BCUT2D eigenvalue weighted by molar-refractivity contribution is 0.0372. The number of amides is 1. The molecular weight excluding hydrogens is 336 g/mol. The van der Waals surface area contributed by atoms with Gasteiger partial charge in [0, 0.05) is 6.20 Å². The van der Waals surface area contributed by atoms with Crippen molar-refractivity contribution in [3.8, 4) is 10.6 Å². The largest absolute Gasteiger partial charge is 0.444 e. The average molecular weight is 355 g/mol. The van der Waals surface area contributed by atoms with Gasteiger partial charge in [-0.1, -0.05) is 6.07 Å². The number of alkyl carbamates (subject to hydrolysis) is 1. The highest BCUT2D eigenvalue weighted by atomic mass is 32.1. The highest BCUT2D eigenvalue weighted by Gasteiger charge is 2.27. The summed E-state index contributed by atoms with van der Waals surface area (Å²) in [6.45, 7) is 6.85. The predicted molar refractivity (Wildman–Crippen MR) is 88.2 cm³/mol. The molecule has 130 valence electrons. The van der Waals surface area contributed by atoms with Crippen molar-refractivity contribution in [1.29, 1.82) is 0 Å². The lowest BCUT2D eigenvalue weighted by atomic mass is 10.1. The standard InChI is InChI=1S/C16H19F2N3O2S/c1-9-13(24-8-20-9)11-6-5-10(7-19-11)12(14(17)18)21-15(22)23-16(2,3)4/h5-8,12,14H,1-4H3,(H,21,22). The van der Waals surface area contributed by atoms with Crippen LogP contribution in [0.3, 0.4) is 0 Å². The molecule has 0 saturated carbocycles. The van der Waals surface area contributed by atoms with Gasteiger partial charge < -0.3 is 10.1 Å². The van der Waals surface area contributed by atoms with Gasteiger partial charge in [0.2, 0.25) is 0 Å². The number of rotatable bonds is 4. The average Bonchev–Trinajstić information content (AvgIpc) is 2.89. The molecule has 1 amide bonds. The fourth-order valence-corrected chi connectivity index (χ4v) is 2.78. The van der Waals surface area contributed by atoms with Crippen molar-refractivity contribution in [3.05, 3.63) is 35.1 Å². The molecule has 2 aromatic rings. The van der Waals surface area contributed by atoms with Gasteiger partial charge in [0.25, 0.3) is 6.43 Å². The number of pyridine rings is 1. The Morgan fingerprint density at radius 3 is 2.46 bits per heavy atom. The molecule has 0 saturated heterocycles. The van der Waals surface area contributed by atoms with Crippen LogP contribution in [-0.2, 0) is 4.74 Å². The zero-order valence-corrected chi connectivity index (χ0v) is 14.7. The first kappa shape index (κ1) is 18.3. The molecule has 0 aromatic carbocycles. The second-order valence-corrected chi connectivity index (χ2v) is 7.06. The molecule has 0 fully saturated rings. The molecule has 0 aliphatic carbocycles. The quantitative estimate of drug-likeness (QED) is 0.886. The third kappa shape index (κ3) is 4.70. The molecule has 0 bridgehead atoms. The number of hydrogen-bond acceptors (Lipinski definition) is 5. The van der Waals surface area contributed by atoms with Crippen LogP contribution in [0.15, 0.2) is 23.8 Å². The predicted octanol–water partition coefficient (Wildman–Crippen LogP) is 4.34. The number of thiazole rings is 1. The van der Waals surface area contributed by atoms with E-state index in [0.717, 1.165) is 10.6 Å². The van der Waals surface area contributed by atoms with Crippen molar-refractivity contribution in [2.75, 3.05) is 0 Å². The number of hydrogen-bond donors (Lipinski definition) is 1. The Labute approximate surface area is 143 Å². The fourth-order valence-electron chi connectivity index (χ4n) is 2.00. The minimum Gasteiger partial charge on any atom is -0.444 e. The van der Waals surface area contributed by atoms with Gasteiger partial charge in [0.1, 0.15) is 11.6 Å². The van der Waals surface area contributed by atoms with Gasteiger partial charge in [-0.05, 0) is 39.3 Å². The van der Waals surface area contributed by atoms with Crippen LogP contribution >= 0.6 is 11.3 Å². The molecule has 0 spiro atoms. The Morgan fingerprint density at radius 2 is 2.00 bits per heavy atom. The Bertz CT molecular complexity index is 696. The van der Waals surface area contributed by atoms with E-state index in [-0.39, 0.29) is 5.56 Å². The van der Waals surface area contributed by atoms with Crippen molar-refractivity contribution >= 4 is 17.4 Å². The number of aryl methyl sites for hydroxylation is 1. The van der Waals surface area contributed by atoms with Crippen LogP contribution in [0.25, 0.3) is 10.6 Å². The van der Waals surface area contributed by atoms with E-state index >= 15 is 0 Å². The molecule has 2 heterocycles. The maximum atomic E-state index is 13.3. The number of halogens is 2. The van der Waals surface area contributed by atoms with Gasteiger partial charge in [-0.25, -0.2) is 18.6 Å². The molecule has 8 heteroatoms. The van der Waals surface area contributed by atoms with Crippen molar-refractivity contribution in [1.82, 2.24) is 15.3 Å². The third-order valence-electron chi connectivity index (χ3n) is 3.05. The zero-order valence-electron chi connectivity index (χ0n) is 13.8. The minimum absolute atomic E-state index is 0.210. The number of alkyl halides is 2. The van der Waals surface area contributed by atoms with Crippen LogP contribution in [0.2, 0.25) is 0 Å². The van der Waals surface area contributed by atoms with E-state index in [1.165, 1.54) is 23.6 Å². The Kier molecular flexibility index (Phi) is 5.48. The highest BCUT2D eigenvalue weighted by molar-refractivity contribution is 7.13. The Hall–Kier alpha value is -2.09. The summed E-state index contributed by atoms with van der Waals surface area (Å²) in [4.78, 5) is 21.0. The molecule has 24 heavy (non-hydrogen) atoms. The van der Waals surface area contributed by atoms with E-state index in [4.69, 9.17) is 4.74 Å². The lowest BCUT2D eigenvalue weighted by Gasteiger charge is -2.23. The van der Waals surface area contributed by atoms with Gasteiger partial charge >= 0.3 is 6.09 Å². The number of carbonyl (C=O) groups excluding carboxylic acids is 1. The zero-order chi connectivity index (χ0) is 17.9. The van der Waals surface area contributed by atoms with Gasteiger partial charge in [-0.3, -0.25) is 4.98 Å². The number of nitrogens with one attached hydrogen (secondary N) is 1. The van der Waals surface area contributed by atoms with Gasteiger partial charge in [-0.2, -0.15) is 0 Å². The molecular formula is C16H19F2N3O2S. The topological polar surface area (TPSA) is 64.1 Å². The van der Waals surface area contributed by atoms with Gasteiger partial charge in [0.05, 0.1) is 21.8 Å². The Morgan fingerprint density at radius 1 is 1.29 bits per heavy atom. The van der Waals surface area contributed by atoms with Crippen LogP contribution in [0.4, 0.5) is 13.6 Å². The Balaban J connectivity index is 2.17. The fraction of sp³-hybridized carbons (Fsp3) is 0.438. The van der Waals surface area contributed by atoms with E-state index in [2.05, 4.69) is 15.3 Å². The molecule has 1 atom stereocenters. The van der Waals surface area contributed by atoms with E-state index in [1.54, 1.807) is 32.3 Å². The second-order valence-electron chi connectivity index (χ2n) is 6.20. The van der Waals surface area contributed by atoms with Gasteiger partial charge in [0.15, 0.2) is 0 Å². The SMILES string of the molecule is Cc1ncsc1-c1ccc(C(NC(=O)OC(C)(C)C)C(F)F)cn1. The van der Waals surface area contributed by atoms with Crippen LogP contribution < -0.4 is 5.32 Å². The highest BCUT2D eigenvalue weighted by Crippen LogP contribution is 2.27. The summed E-state index contributed by atoms with van der Waals surface area (Å²) >= 11 is 1.43. The molecule has 1 N–H and O–H groups in total. The number of aromatic nitrogens is 2. The number of carbonyl (C=O) groups is 1. The molecule has 1 unspecified atom stereocenters. The summed E-state index contributed by atoms with van der Waals surface area (Å²) in [6, 6.07) is 1.68. The molecule has 0 radical (unpaired) electrons. The summed E-state index contributed by atoms with van der Waals surface area (Å²) in [6.07, 6.45) is -2.34. The normalized spacial score (nSPS) is 13.0. The molecule has 2 aromatic heterocycles. The van der Waals surface area contributed by atoms with Crippen molar-refractivity contribution in [2.45, 2.75) is 45.8 Å². The van der Waals surface area contributed by atoms with E-state index in [0.29, 0.717) is 5.69 Å². The smallest absolute Gasteiger partial charge is 0.408 e. The first-order valence-corrected chi connectivity index (χ1v) is 8.19. The van der Waals surface area contributed by atoms with Crippen molar-refractivity contribution < 1.29 is 18.3 Å². The summed E-state index contributed by atoms with van der Waals surface area (Å²) in [5, 5.41) is 2.19. The second kappa shape index (κ2) is 7.21. The van der Waals surface area contributed by atoms with Crippen LogP contribution in [0.5, 0.6) is 0 Å². The summed E-state index contributed by atoms with van der Waals surface area (Å²) in [7, 11) is 0. The third-order valence-corrected chi connectivity index (χ3v) is 4.00. The van der Waals surface area contributed by atoms with Crippen LogP contribution in [0.1, 0.15) is 38.1 Å².